The third-order valence-corrected chi connectivity index (χ3v) is 4.88. The molecular formula is C26H23N3O2. The van der Waals surface area contributed by atoms with E-state index in [0.717, 1.165) is 33.9 Å². The number of nitrogens with one attached hydrogen (secondary N) is 1. The number of hydrogen-bond acceptors (Lipinski definition) is 3. The highest BCUT2D eigenvalue weighted by Gasteiger charge is 2.17. The zero-order valence-corrected chi connectivity index (χ0v) is 17.2. The summed E-state index contributed by atoms with van der Waals surface area (Å²) in [6.45, 7) is 0.410. The number of aromatic nitrogens is 1. The lowest BCUT2D eigenvalue weighted by Crippen LogP contribution is -2.37. The first kappa shape index (κ1) is 20.2. The summed E-state index contributed by atoms with van der Waals surface area (Å²) in [5.74, 6) is 1.49. The molecule has 1 N–H and O–H groups in total. The lowest BCUT2D eigenvalue weighted by molar-refractivity contribution is 0.247. The highest BCUT2D eigenvalue weighted by atomic mass is 16.5. The molecule has 2 amide bonds. The number of carbonyl (C=O) groups excluding carboxylic acids is 1. The molecule has 0 aliphatic heterocycles. The lowest BCUT2D eigenvalue weighted by Gasteiger charge is -2.22. The maximum Gasteiger partial charge on any atom is 0.321 e. The molecule has 0 bridgehead atoms. The minimum absolute atomic E-state index is 0.197. The highest BCUT2D eigenvalue weighted by Crippen LogP contribution is 2.38. The summed E-state index contributed by atoms with van der Waals surface area (Å²) in [7, 11) is 1.76. The van der Waals surface area contributed by atoms with Crippen molar-refractivity contribution < 1.29 is 9.53 Å². The molecule has 0 radical (unpaired) electrons. The van der Waals surface area contributed by atoms with Crippen LogP contribution in [0.4, 0.5) is 10.5 Å². The van der Waals surface area contributed by atoms with Crippen molar-refractivity contribution in [1.82, 2.24) is 10.3 Å². The molecule has 5 nitrogen and oxygen atoms in total. The third-order valence-electron chi connectivity index (χ3n) is 4.88. The Balaban J connectivity index is 1.60. The molecule has 4 rings (SSSR count). The fourth-order valence-corrected chi connectivity index (χ4v) is 3.30. The van der Waals surface area contributed by atoms with E-state index in [1.54, 1.807) is 24.3 Å². The fraction of sp³-hybridized carbons (Fsp3) is 0.0769. The summed E-state index contributed by atoms with van der Waals surface area (Å²) in [4.78, 5) is 18.5. The molecule has 0 saturated heterocycles. The second-order valence-electron chi connectivity index (χ2n) is 7.01. The molecule has 1 aromatic heterocycles. The average Bonchev–Trinajstić information content (AvgIpc) is 2.84. The van der Waals surface area contributed by atoms with Crippen molar-refractivity contribution in [3.63, 3.8) is 0 Å². The number of rotatable bonds is 6. The standard InChI is InChI=1S/C26H23N3O2/c1-29(26(30)28-19-20-10-9-17-27-18-20)24-15-7-5-13-22(24)23-14-6-8-16-25(23)31-21-11-3-2-4-12-21/h2-18H,19H2,1H3,(H,28,30). The van der Waals surface area contributed by atoms with Gasteiger partial charge in [-0.05, 0) is 35.9 Å². The topological polar surface area (TPSA) is 54.5 Å². The molecule has 0 saturated carbocycles. The van der Waals surface area contributed by atoms with E-state index in [4.69, 9.17) is 4.74 Å². The van der Waals surface area contributed by atoms with E-state index < -0.39 is 0 Å². The van der Waals surface area contributed by atoms with Gasteiger partial charge in [0.25, 0.3) is 0 Å². The third kappa shape index (κ3) is 4.90. The summed E-state index contributed by atoms with van der Waals surface area (Å²) < 4.78 is 6.14. The van der Waals surface area contributed by atoms with Crippen molar-refractivity contribution >= 4 is 11.7 Å². The summed E-state index contributed by atoms with van der Waals surface area (Å²) in [5, 5.41) is 2.95. The first-order valence-electron chi connectivity index (χ1n) is 10.0. The van der Waals surface area contributed by atoms with Gasteiger partial charge in [0.2, 0.25) is 0 Å². The number of anilines is 1. The Morgan fingerprint density at radius 3 is 2.35 bits per heavy atom. The van der Waals surface area contributed by atoms with E-state index in [1.165, 1.54) is 0 Å². The van der Waals surface area contributed by atoms with Crippen LogP contribution in [0, 0.1) is 0 Å². The number of carbonyl (C=O) groups is 1. The number of benzene rings is 3. The molecule has 4 aromatic rings. The average molecular weight is 409 g/mol. The molecule has 1 heterocycles. The molecule has 31 heavy (non-hydrogen) atoms. The van der Waals surface area contributed by atoms with E-state index in [1.807, 2.05) is 91.0 Å². The van der Waals surface area contributed by atoms with Crippen molar-refractivity contribution in [1.29, 1.82) is 0 Å². The minimum atomic E-state index is -0.197. The first-order chi connectivity index (χ1) is 15.2. The van der Waals surface area contributed by atoms with E-state index in [0.29, 0.717) is 6.54 Å². The SMILES string of the molecule is CN(C(=O)NCc1cccnc1)c1ccccc1-c1ccccc1Oc1ccccc1. The summed E-state index contributed by atoms with van der Waals surface area (Å²) in [6, 6.07) is 28.9. The van der Waals surface area contributed by atoms with Crippen molar-refractivity contribution in [2.75, 3.05) is 11.9 Å². The molecule has 5 heteroatoms. The normalized spacial score (nSPS) is 10.4. The van der Waals surface area contributed by atoms with Crippen LogP contribution in [0.25, 0.3) is 11.1 Å². The molecule has 0 atom stereocenters. The summed E-state index contributed by atoms with van der Waals surface area (Å²) in [6.07, 6.45) is 3.45. The zero-order chi connectivity index (χ0) is 21.5. The number of amides is 2. The van der Waals surface area contributed by atoms with E-state index >= 15 is 0 Å². The number of hydrogen-bond donors (Lipinski definition) is 1. The van der Waals surface area contributed by atoms with Crippen LogP contribution in [-0.4, -0.2) is 18.1 Å². The predicted molar refractivity (Wildman–Crippen MR) is 123 cm³/mol. The number of urea groups is 1. The number of para-hydroxylation sites is 3. The maximum absolute atomic E-state index is 12.8. The van der Waals surface area contributed by atoms with Gasteiger partial charge in [0.1, 0.15) is 11.5 Å². The van der Waals surface area contributed by atoms with Gasteiger partial charge in [0, 0.05) is 37.1 Å². The largest absolute Gasteiger partial charge is 0.457 e. The maximum atomic E-state index is 12.8. The molecule has 0 fully saturated rings. The van der Waals surface area contributed by atoms with Gasteiger partial charge >= 0.3 is 6.03 Å². The Morgan fingerprint density at radius 2 is 1.58 bits per heavy atom. The van der Waals surface area contributed by atoms with Gasteiger partial charge in [0.05, 0.1) is 5.69 Å². The van der Waals surface area contributed by atoms with Crippen LogP contribution in [-0.2, 0) is 6.54 Å². The molecule has 0 unspecified atom stereocenters. The smallest absolute Gasteiger partial charge is 0.321 e. The molecular weight excluding hydrogens is 386 g/mol. The molecule has 0 aliphatic carbocycles. The van der Waals surface area contributed by atoms with Crippen molar-refractivity contribution in [3.8, 4) is 22.6 Å². The van der Waals surface area contributed by atoms with Crippen LogP contribution >= 0.6 is 0 Å². The Kier molecular flexibility index (Phi) is 6.24. The zero-order valence-electron chi connectivity index (χ0n) is 17.2. The van der Waals surface area contributed by atoms with Crippen LogP contribution in [0.1, 0.15) is 5.56 Å². The van der Waals surface area contributed by atoms with Crippen molar-refractivity contribution in [2.45, 2.75) is 6.54 Å². The van der Waals surface area contributed by atoms with Crippen LogP contribution in [0.5, 0.6) is 11.5 Å². The molecule has 0 aliphatic rings. The number of ether oxygens (including phenoxy) is 1. The lowest BCUT2D eigenvalue weighted by atomic mass is 10.0. The monoisotopic (exact) mass is 409 g/mol. The van der Waals surface area contributed by atoms with Crippen LogP contribution in [0.3, 0.4) is 0 Å². The van der Waals surface area contributed by atoms with Gasteiger partial charge in [-0.2, -0.15) is 0 Å². The van der Waals surface area contributed by atoms with E-state index in [-0.39, 0.29) is 6.03 Å². The molecule has 3 aromatic carbocycles. The summed E-state index contributed by atoms with van der Waals surface area (Å²) in [5.41, 5.74) is 3.55. The Labute approximate surface area is 182 Å². The Hall–Kier alpha value is -4.12. The van der Waals surface area contributed by atoms with Gasteiger partial charge in [0.15, 0.2) is 0 Å². The molecule has 0 spiro atoms. The second-order valence-corrected chi connectivity index (χ2v) is 7.01. The van der Waals surface area contributed by atoms with E-state index in [9.17, 15) is 4.79 Å². The number of pyridine rings is 1. The Bertz CT molecular complexity index is 1150. The Morgan fingerprint density at radius 1 is 0.871 bits per heavy atom. The quantitative estimate of drug-likeness (QED) is 0.432. The predicted octanol–water partition coefficient (Wildman–Crippen LogP) is 5.89. The van der Waals surface area contributed by atoms with E-state index in [2.05, 4.69) is 10.3 Å². The van der Waals surface area contributed by atoms with Gasteiger partial charge < -0.3 is 10.1 Å². The molecule has 154 valence electrons. The second kappa shape index (κ2) is 9.59. The van der Waals surface area contributed by atoms with Crippen LogP contribution < -0.4 is 15.0 Å². The first-order valence-corrected chi connectivity index (χ1v) is 10.0. The fourth-order valence-electron chi connectivity index (χ4n) is 3.30. The highest BCUT2D eigenvalue weighted by molar-refractivity contribution is 5.97. The van der Waals surface area contributed by atoms with Gasteiger partial charge in [-0.15, -0.1) is 0 Å². The van der Waals surface area contributed by atoms with Crippen LogP contribution in [0.15, 0.2) is 103 Å². The van der Waals surface area contributed by atoms with Crippen LogP contribution in [0.2, 0.25) is 0 Å². The summed E-state index contributed by atoms with van der Waals surface area (Å²) >= 11 is 0. The van der Waals surface area contributed by atoms with Gasteiger partial charge in [-0.25, -0.2) is 4.79 Å². The van der Waals surface area contributed by atoms with Crippen molar-refractivity contribution in [2.24, 2.45) is 0 Å². The minimum Gasteiger partial charge on any atom is -0.457 e. The number of nitrogens with zero attached hydrogens (tertiary/aromatic N) is 2. The van der Waals surface area contributed by atoms with Gasteiger partial charge in [-0.1, -0.05) is 60.7 Å². The van der Waals surface area contributed by atoms with Crippen molar-refractivity contribution in [3.05, 3.63) is 109 Å². The van der Waals surface area contributed by atoms with Gasteiger partial charge in [-0.3, -0.25) is 9.88 Å².